The van der Waals surface area contributed by atoms with Crippen molar-refractivity contribution < 1.29 is 4.39 Å². The molecule has 19 heavy (non-hydrogen) atoms. The van der Waals surface area contributed by atoms with E-state index in [1.54, 1.807) is 17.4 Å². The van der Waals surface area contributed by atoms with Crippen LogP contribution >= 0.6 is 11.3 Å². The van der Waals surface area contributed by atoms with E-state index in [1.807, 2.05) is 24.6 Å². The van der Waals surface area contributed by atoms with Crippen LogP contribution in [-0.2, 0) is 0 Å². The number of nitrogen functional groups attached to an aromatic ring is 1. The number of hydrogen-bond acceptors (Lipinski definition) is 4. The van der Waals surface area contributed by atoms with Gasteiger partial charge < -0.3 is 10.3 Å². The summed E-state index contributed by atoms with van der Waals surface area (Å²) in [4.78, 5) is 9.76. The Morgan fingerprint density at radius 3 is 2.89 bits per heavy atom. The lowest BCUT2D eigenvalue weighted by atomic mass is 10.2. The molecule has 2 heterocycles. The first-order valence-corrected chi connectivity index (χ1v) is 6.73. The molecule has 1 atom stereocenters. The standard InChI is InChI=1S/C13H13FN4S/c1-7-6-16-12(19-7)8(2)18-11-5-9(14)3-4-10(11)17-13(18)15/h3-6,8H,1-2H3,(H2,15,17). The van der Waals surface area contributed by atoms with E-state index >= 15 is 0 Å². The van der Waals surface area contributed by atoms with Crippen molar-refractivity contribution in [2.75, 3.05) is 5.73 Å². The Labute approximate surface area is 113 Å². The van der Waals surface area contributed by atoms with Gasteiger partial charge in [0.15, 0.2) is 0 Å². The van der Waals surface area contributed by atoms with Crippen molar-refractivity contribution in [3.8, 4) is 0 Å². The normalized spacial score (nSPS) is 13.0. The predicted molar refractivity (Wildman–Crippen MR) is 74.8 cm³/mol. The number of nitrogens with zero attached hydrogens (tertiary/aromatic N) is 3. The van der Waals surface area contributed by atoms with Gasteiger partial charge >= 0.3 is 0 Å². The van der Waals surface area contributed by atoms with Gasteiger partial charge in [-0.1, -0.05) is 0 Å². The number of fused-ring (bicyclic) bond motifs is 1. The number of aryl methyl sites for hydroxylation is 1. The number of halogens is 1. The molecule has 1 aromatic carbocycles. The van der Waals surface area contributed by atoms with Gasteiger partial charge in [0.25, 0.3) is 0 Å². The average Bonchev–Trinajstić information content (AvgIpc) is 2.91. The molecule has 0 amide bonds. The fraction of sp³-hybridized carbons (Fsp3) is 0.231. The second-order valence-electron chi connectivity index (χ2n) is 4.46. The Bertz CT molecular complexity index is 746. The van der Waals surface area contributed by atoms with E-state index in [9.17, 15) is 4.39 Å². The zero-order valence-corrected chi connectivity index (χ0v) is 11.4. The van der Waals surface area contributed by atoms with Crippen molar-refractivity contribution in [3.05, 3.63) is 40.1 Å². The zero-order chi connectivity index (χ0) is 13.6. The number of rotatable bonds is 2. The molecule has 0 bridgehead atoms. The minimum atomic E-state index is -0.295. The largest absolute Gasteiger partial charge is 0.369 e. The fourth-order valence-corrected chi connectivity index (χ4v) is 2.98. The molecule has 2 aromatic heterocycles. The highest BCUT2D eigenvalue weighted by Crippen LogP contribution is 2.29. The van der Waals surface area contributed by atoms with Crippen molar-refractivity contribution >= 4 is 28.3 Å². The number of imidazole rings is 1. The fourth-order valence-electron chi connectivity index (χ4n) is 2.17. The van der Waals surface area contributed by atoms with Crippen molar-refractivity contribution in [1.82, 2.24) is 14.5 Å². The zero-order valence-electron chi connectivity index (χ0n) is 10.6. The van der Waals surface area contributed by atoms with Crippen LogP contribution in [0.2, 0.25) is 0 Å². The van der Waals surface area contributed by atoms with Gasteiger partial charge in [0, 0.05) is 11.1 Å². The van der Waals surface area contributed by atoms with Gasteiger partial charge in [0.2, 0.25) is 5.95 Å². The van der Waals surface area contributed by atoms with Crippen molar-refractivity contribution in [1.29, 1.82) is 0 Å². The number of benzene rings is 1. The first kappa shape index (κ1) is 12.1. The van der Waals surface area contributed by atoms with E-state index in [-0.39, 0.29) is 11.9 Å². The number of aromatic nitrogens is 3. The summed E-state index contributed by atoms with van der Waals surface area (Å²) < 4.78 is 15.2. The summed E-state index contributed by atoms with van der Waals surface area (Å²) in [6, 6.07) is 4.41. The quantitative estimate of drug-likeness (QED) is 0.782. The highest BCUT2D eigenvalue weighted by atomic mass is 32.1. The lowest BCUT2D eigenvalue weighted by Gasteiger charge is -2.13. The monoisotopic (exact) mass is 276 g/mol. The summed E-state index contributed by atoms with van der Waals surface area (Å²) in [7, 11) is 0. The molecule has 0 spiro atoms. The first-order valence-electron chi connectivity index (χ1n) is 5.91. The van der Waals surface area contributed by atoms with Crippen LogP contribution in [-0.4, -0.2) is 14.5 Å². The maximum atomic E-state index is 13.4. The molecule has 0 saturated heterocycles. The Kier molecular flexibility index (Phi) is 2.74. The Morgan fingerprint density at radius 2 is 2.21 bits per heavy atom. The number of hydrogen-bond donors (Lipinski definition) is 1. The van der Waals surface area contributed by atoms with Crippen molar-refractivity contribution in [2.45, 2.75) is 19.9 Å². The van der Waals surface area contributed by atoms with Crippen LogP contribution in [0.5, 0.6) is 0 Å². The van der Waals surface area contributed by atoms with Gasteiger partial charge in [-0.3, -0.25) is 0 Å². The smallest absolute Gasteiger partial charge is 0.201 e. The van der Waals surface area contributed by atoms with Gasteiger partial charge in [-0.05, 0) is 32.0 Å². The summed E-state index contributed by atoms with van der Waals surface area (Å²) in [5.41, 5.74) is 7.34. The van der Waals surface area contributed by atoms with Crippen molar-refractivity contribution in [3.63, 3.8) is 0 Å². The molecule has 4 nitrogen and oxygen atoms in total. The summed E-state index contributed by atoms with van der Waals surface area (Å²) in [5.74, 6) is 0.0807. The van der Waals surface area contributed by atoms with Crippen LogP contribution in [0, 0.1) is 12.7 Å². The van der Waals surface area contributed by atoms with Crippen LogP contribution in [0.4, 0.5) is 10.3 Å². The third-order valence-corrected chi connectivity index (χ3v) is 4.15. The summed E-state index contributed by atoms with van der Waals surface area (Å²) in [6.45, 7) is 3.99. The second kappa shape index (κ2) is 4.31. The lowest BCUT2D eigenvalue weighted by Crippen LogP contribution is -2.09. The Hall–Kier alpha value is -1.95. The van der Waals surface area contributed by atoms with E-state index in [0.717, 1.165) is 9.88 Å². The van der Waals surface area contributed by atoms with Gasteiger partial charge in [0.05, 0.1) is 17.1 Å². The van der Waals surface area contributed by atoms with Crippen LogP contribution in [0.1, 0.15) is 22.9 Å². The average molecular weight is 276 g/mol. The highest BCUT2D eigenvalue weighted by molar-refractivity contribution is 7.11. The van der Waals surface area contributed by atoms with Gasteiger partial charge in [-0.2, -0.15) is 0 Å². The molecule has 6 heteroatoms. The van der Waals surface area contributed by atoms with E-state index in [0.29, 0.717) is 17.0 Å². The molecule has 0 aliphatic carbocycles. The minimum absolute atomic E-state index is 0.0644. The molecule has 98 valence electrons. The molecular formula is C13H13FN4S. The van der Waals surface area contributed by atoms with Crippen LogP contribution in [0.15, 0.2) is 24.4 Å². The molecule has 0 aliphatic heterocycles. The molecular weight excluding hydrogens is 263 g/mol. The van der Waals surface area contributed by atoms with Crippen LogP contribution in [0.25, 0.3) is 11.0 Å². The van der Waals surface area contributed by atoms with E-state index in [1.165, 1.54) is 12.1 Å². The molecule has 3 rings (SSSR count). The number of nitrogens with two attached hydrogens (primary N) is 1. The summed E-state index contributed by atoms with van der Waals surface area (Å²) in [5, 5.41) is 0.938. The van der Waals surface area contributed by atoms with Crippen LogP contribution in [0.3, 0.4) is 0 Å². The molecule has 2 N–H and O–H groups in total. The molecule has 0 fully saturated rings. The molecule has 3 aromatic rings. The number of anilines is 1. The maximum Gasteiger partial charge on any atom is 0.201 e. The maximum absolute atomic E-state index is 13.4. The van der Waals surface area contributed by atoms with Gasteiger partial charge in [0.1, 0.15) is 10.8 Å². The van der Waals surface area contributed by atoms with E-state index < -0.39 is 0 Å². The molecule has 0 aliphatic rings. The predicted octanol–water partition coefficient (Wildman–Crippen LogP) is 3.13. The second-order valence-corrected chi connectivity index (χ2v) is 5.72. The van der Waals surface area contributed by atoms with Crippen molar-refractivity contribution in [2.24, 2.45) is 0 Å². The van der Waals surface area contributed by atoms with Gasteiger partial charge in [-0.25, -0.2) is 14.4 Å². The van der Waals surface area contributed by atoms with Gasteiger partial charge in [-0.15, -0.1) is 11.3 Å². The molecule has 1 unspecified atom stereocenters. The lowest BCUT2D eigenvalue weighted by molar-refractivity contribution is 0.624. The SMILES string of the molecule is Cc1cnc(C(C)n2c(N)nc3ccc(F)cc32)s1. The minimum Gasteiger partial charge on any atom is -0.369 e. The van der Waals surface area contributed by atoms with E-state index in [4.69, 9.17) is 5.73 Å². The highest BCUT2D eigenvalue weighted by Gasteiger charge is 2.18. The first-order chi connectivity index (χ1) is 9.06. The van der Waals surface area contributed by atoms with Crippen LogP contribution < -0.4 is 5.73 Å². The summed E-state index contributed by atoms with van der Waals surface area (Å²) in [6.07, 6.45) is 1.83. The number of thiazole rings is 1. The third kappa shape index (κ3) is 1.98. The third-order valence-electron chi connectivity index (χ3n) is 3.06. The molecule has 0 saturated carbocycles. The Balaban J connectivity index is 2.18. The topological polar surface area (TPSA) is 56.7 Å². The summed E-state index contributed by atoms with van der Waals surface area (Å²) >= 11 is 1.61. The molecule has 0 radical (unpaired) electrons. The Morgan fingerprint density at radius 1 is 1.42 bits per heavy atom. The van der Waals surface area contributed by atoms with E-state index in [2.05, 4.69) is 9.97 Å².